The SMILES string of the molecule is CN1CCN(c2ccnc3ccc(NC(=O)Nc4cnc5ccccc5c4)cc23)CC1. The van der Waals surface area contributed by atoms with Crippen LogP contribution in [-0.2, 0) is 0 Å². The van der Waals surface area contributed by atoms with E-state index < -0.39 is 0 Å². The van der Waals surface area contributed by atoms with Gasteiger partial charge in [0.15, 0.2) is 0 Å². The van der Waals surface area contributed by atoms with Crippen LogP contribution in [0.1, 0.15) is 0 Å². The topological polar surface area (TPSA) is 73.4 Å². The number of aromatic nitrogens is 2. The minimum absolute atomic E-state index is 0.304. The van der Waals surface area contributed by atoms with E-state index in [2.05, 4.69) is 43.5 Å². The average molecular weight is 412 g/mol. The zero-order valence-electron chi connectivity index (χ0n) is 17.4. The number of likely N-dealkylation sites (N-methyl/N-ethyl adjacent to an activating group) is 1. The first kappa shape index (κ1) is 19.3. The molecule has 2 aromatic carbocycles. The first-order valence-electron chi connectivity index (χ1n) is 10.4. The van der Waals surface area contributed by atoms with Gasteiger partial charge in [0.1, 0.15) is 0 Å². The molecule has 0 spiro atoms. The van der Waals surface area contributed by atoms with Gasteiger partial charge in [-0.15, -0.1) is 0 Å². The van der Waals surface area contributed by atoms with Crippen LogP contribution < -0.4 is 15.5 Å². The Bertz CT molecular complexity index is 1250. The number of nitrogens with one attached hydrogen (secondary N) is 2. The Hall–Kier alpha value is -3.71. The van der Waals surface area contributed by atoms with Crippen molar-refractivity contribution < 1.29 is 4.79 Å². The highest BCUT2D eigenvalue weighted by atomic mass is 16.2. The quantitative estimate of drug-likeness (QED) is 0.528. The van der Waals surface area contributed by atoms with Gasteiger partial charge in [-0.25, -0.2) is 4.79 Å². The number of pyridine rings is 2. The molecule has 5 rings (SSSR count). The van der Waals surface area contributed by atoms with Gasteiger partial charge in [-0.3, -0.25) is 9.97 Å². The summed E-state index contributed by atoms with van der Waals surface area (Å²) in [6.45, 7) is 4.01. The fourth-order valence-electron chi connectivity index (χ4n) is 3.97. The third-order valence-corrected chi connectivity index (χ3v) is 5.67. The number of nitrogens with zero attached hydrogens (tertiary/aromatic N) is 4. The summed E-state index contributed by atoms with van der Waals surface area (Å²) >= 11 is 0. The molecule has 2 aromatic heterocycles. The monoisotopic (exact) mass is 412 g/mol. The van der Waals surface area contributed by atoms with Crippen LogP contribution in [0.25, 0.3) is 21.8 Å². The second-order valence-corrected chi connectivity index (χ2v) is 7.85. The molecule has 31 heavy (non-hydrogen) atoms. The maximum absolute atomic E-state index is 12.6. The molecule has 1 aliphatic heterocycles. The lowest BCUT2D eigenvalue weighted by atomic mass is 10.1. The summed E-state index contributed by atoms with van der Waals surface area (Å²) in [7, 11) is 2.15. The zero-order chi connectivity index (χ0) is 21.2. The Balaban J connectivity index is 1.35. The fraction of sp³-hybridized carbons (Fsp3) is 0.208. The summed E-state index contributed by atoms with van der Waals surface area (Å²) in [4.78, 5) is 26.2. The first-order valence-corrected chi connectivity index (χ1v) is 10.4. The van der Waals surface area contributed by atoms with E-state index in [1.54, 1.807) is 6.20 Å². The van der Waals surface area contributed by atoms with Crippen LogP contribution in [0.2, 0.25) is 0 Å². The molecule has 1 fully saturated rings. The van der Waals surface area contributed by atoms with Gasteiger partial charge in [0.2, 0.25) is 0 Å². The highest BCUT2D eigenvalue weighted by molar-refractivity contribution is 6.03. The molecule has 7 nitrogen and oxygen atoms in total. The van der Waals surface area contributed by atoms with Crippen LogP contribution >= 0.6 is 0 Å². The molecule has 0 atom stereocenters. The molecular formula is C24H24N6O. The van der Waals surface area contributed by atoms with Gasteiger partial charge in [0.05, 0.1) is 22.9 Å². The predicted octanol–water partition coefficient (Wildman–Crippen LogP) is 4.18. The van der Waals surface area contributed by atoms with Gasteiger partial charge in [-0.1, -0.05) is 18.2 Å². The van der Waals surface area contributed by atoms with Gasteiger partial charge in [0, 0.05) is 54.5 Å². The second kappa shape index (κ2) is 8.20. The van der Waals surface area contributed by atoms with Crippen molar-refractivity contribution in [2.24, 2.45) is 0 Å². The summed E-state index contributed by atoms with van der Waals surface area (Å²) < 4.78 is 0. The molecule has 2 N–H and O–H groups in total. The Morgan fingerprint density at radius 3 is 2.55 bits per heavy atom. The maximum atomic E-state index is 12.6. The van der Waals surface area contributed by atoms with E-state index in [1.165, 1.54) is 0 Å². The lowest BCUT2D eigenvalue weighted by Crippen LogP contribution is -2.44. The third-order valence-electron chi connectivity index (χ3n) is 5.67. The molecule has 2 amide bonds. The van der Waals surface area contributed by atoms with Gasteiger partial charge in [0.25, 0.3) is 0 Å². The zero-order valence-corrected chi connectivity index (χ0v) is 17.4. The largest absolute Gasteiger partial charge is 0.368 e. The van der Waals surface area contributed by atoms with Crippen LogP contribution in [0.3, 0.4) is 0 Å². The molecule has 4 aromatic rings. The molecule has 7 heteroatoms. The molecule has 0 radical (unpaired) electrons. The molecule has 0 saturated carbocycles. The summed E-state index contributed by atoms with van der Waals surface area (Å²) in [6.07, 6.45) is 3.51. The Kier molecular flexibility index (Phi) is 5.09. The van der Waals surface area contributed by atoms with E-state index >= 15 is 0 Å². The van der Waals surface area contributed by atoms with Crippen molar-refractivity contribution >= 4 is 44.9 Å². The molecule has 1 aliphatic rings. The van der Waals surface area contributed by atoms with Crippen LogP contribution in [0.5, 0.6) is 0 Å². The van der Waals surface area contributed by atoms with E-state index in [4.69, 9.17) is 0 Å². The summed E-state index contributed by atoms with van der Waals surface area (Å²) in [5.74, 6) is 0. The first-order chi connectivity index (χ1) is 15.2. The van der Waals surface area contributed by atoms with Crippen molar-refractivity contribution in [2.45, 2.75) is 0 Å². The minimum atomic E-state index is -0.304. The number of para-hydroxylation sites is 1. The number of carbonyl (C=O) groups is 1. The van der Waals surface area contributed by atoms with Crippen molar-refractivity contribution in [1.82, 2.24) is 14.9 Å². The summed E-state index contributed by atoms with van der Waals surface area (Å²) in [5, 5.41) is 7.82. The Labute approximate surface area is 180 Å². The lowest BCUT2D eigenvalue weighted by Gasteiger charge is -2.34. The third kappa shape index (κ3) is 4.13. The number of fused-ring (bicyclic) bond motifs is 2. The Morgan fingerprint density at radius 2 is 1.68 bits per heavy atom. The van der Waals surface area contributed by atoms with E-state index in [9.17, 15) is 4.79 Å². The van der Waals surface area contributed by atoms with E-state index in [0.29, 0.717) is 5.69 Å². The van der Waals surface area contributed by atoms with Gasteiger partial charge in [-0.05, 0) is 43.4 Å². The molecule has 1 saturated heterocycles. The van der Waals surface area contributed by atoms with Crippen LogP contribution in [0, 0.1) is 0 Å². The van der Waals surface area contributed by atoms with Crippen molar-refractivity contribution in [3.8, 4) is 0 Å². The minimum Gasteiger partial charge on any atom is -0.368 e. The highest BCUT2D eigenvalue weighted by Crippen LogP contribution is 2.29. The number of benzene rings is 2. The number of piperazine rings is 1. The second-order valence-electron chi connectivity index (χ2n) is 7.85. The number of carbonyl (C=O) groups excluding carboxylic acids is 1. The van der Waals surface area contributed by atoms with E-state index in [-0.39, 0.29) is 6.03 Å². The van der Waals surface area contributed by atoms with Crippen LogP contribution in [-0.4, -0.2) is 54.1 Å². The van der Waals surface area contributed by atoms with Crippen LogP contribution in [0.15, 0.2) is 67.0 Å². The van der Waals surface area contributed by atoms with Crippen molar-refractivity contribution in [3.63, 3.8) is 0 Å². The maximum Gasteiger partial charge on any atom is 0.323 e. The summed E-state index contributed by atoms with van der Waals surface area (Å²) in [6, 6.07) is 17.3. The van der Waals surface area contributed by atoms with Crippen molar-refractivity contribution in [3.05, 3.63) is 67.0 Å². The van der Waals surface area contributed by atoms with E-state index in [0.717, 1.165) is 59.4 Å². The smallest absolute Gasteiger partial charge is 0.323 e. The van der Waals surface area contributed by atoms with Crippen molar-refractivity contribution in [2.75, 3.05) is 48.8 Å². The van der Waals surface area contributed by atoms with Crippen molar-refractivity contribution in [1.29, 1.82) is 0 Å². The van der Waals surface area contributed by atoms with Gasteiger partial charge >= 0.3 is 6.03 Å². The molecule has 3 heterocycles. The lowest BCUT2D eigenvalue weighted by molar-refractivity contribution is 0.262. The molecule has 156 valence electrons. The number of urea groups is 1. The highest BCUT2D eigenvalue weighted by Gasteiger charge is 2.17. The number of amides is 2. The number of hydrogen-bond acceptors (Lipinski definition) is 5. The molecule has 0 aliphatic carbocycles. The summed E-state index contributed by atoms with van der Waals surface area (Å²) in [5.41, 5.74) is 4.34. The van der Waals surface area contributed by atoms with Gasteiger partial charge in [-0.2, -0.15) is 0 Å². The number of hydrogen-bond donors (Lipinski definition) is 2. The molecule has 0 bridgehead atoms. The van der Waals surface area contributed by atoms with E-state index in [1.807, 2.05) is 54.7 Å². The Morgan fingerprint density at radius 1 is 0.871 bits per heavy atom. The van der Waals surface area contributed by atoms with Crippen LogP contribution in [0.4, 0.5) is 21.9 Å². The average Bonchev–Trinajstić information content (AvgIpc) is 2.79. The number of rotatable bonds is 3. The normalized spacial score (nSPS) is 14.7. The molecular weight excluding hydrogens is 388 g/mol. The fourth-order valence-corrected chi connectivity index (χ4v) is 3.97. The number of anilines is 3. The standard InChI is InChI=1S/C24H24N6O/c1-29-10-12-30(13-11-29)23-8-9-25-22-7-6-18(15-20(22)23)27-24(31)28-19-14-17-4-2-3-5-21(17)26-16-19/h2-9,14-16H,10-13H2,1H3,(H2,27,28,31). The molecule has 0 unspecified atom stereocenters. The predicted molar refractivity (Wildman–Crippen MR) is 126 cm³/mol. The van der Waals surface area contributed by atoms with Gasteiger partial charge < -0.3 is 20.4 Å².